The number of halogens is 3. The van der Waals surface area contributed by atoms with Gasteiger partial charge < -0.3 is 14.1 Å². The van der Waals surface area contributed by atoms with Crippen LogP contribution in [0.25, 0.3) is 5.65 Å². The fourth-order valence-corrected chi connectivity index (χ4v) is 1.26. The van der Waals surface area contributed by atoms with Crippen LogP contribution in [0.3, 0.4) is 0 Å². The van der Waals surface area contributed by atoms with Crippen LogP contribution in [0.4, 0.5) is 13.2 Å². The van der Waals surface area contributed by atoms with Crippen molar-refractivity contribution >= 4 is 13.3 Å². The van der Waals surface area contributed by atoms with Gasteiger partial charge in [-0.2, -0.15) is 13.2 Å². The van der Waals surface area contributed by atoms with E-state index in [0.29, 0.717) is 0 Å². The molecule has 2 heterocycles. The lowest BCUT2D eigenvalue weighted by atomic mass is 10.3. The number of hydrogen-bond donors (Lipinski definition) is 1. The first kappa shape index (κ1) is 10.8. The molecule has 0 saturated carbocycles. The first-order valence-electron chi connectivity index (χ1n) is 4.30. The predicted molar refractivity (Wildman–Crippen MR) is 50.2 cm³/mol. The van der Waals surface area contributed by atoms with Crippen molar-refractivity contribution in [3.63, 3.8) is 0 Å². The summed E-state index contributed by atoms with van der Waals surface area (Å²) in [4.78, 5) is 3.40. The van der Waals surface area contributed by atoms with E-state index in [9.17, 15) is 13.2 Å². The van der Waals surface area contributed by atoms with Crippen LogP contribution in [0.5, 0.6) is 5.75 Å². The molecule has 0 aliphatic heterocycles. The van der Waals surface area contributed by atoms with Gasteiger partial charge in [-0.25, -0.2) is 4.98 Å². The van der Waals surface area contributed by atoms with E-state index >= 15 is 0 Å². The Morgan fingerprint density at radius 1 is 1.44 bits per heavy atom. The van der Waals surface area contributed by atoms with Crippen LogP contribution in [-0.4, -0.2) is 22.1 Å². The maximum atomic E-state index is 12.3. The summed E-state index contributed by atoms with van der Waals surface area (Å²) in [5, 5.41) is 8.50. The van der Waals surface area contributed by atoms with Crippen LogP contribution >= 0.6 is 0 Å². The van der Waals surface area contributed by atoms with E-state index in [1.807, 2.05) is 0 Å². The molecular formula is C8H6BF3N2O2. The predicted octanol–water partition coefficient (Wildman–Crippen LogP) is 0.991. The van der Waals surface area contributed by atoms with Gasteiger partial charge in [0, 0.05) is 18.5 Å². The molecule has 0 fully saturated rings. The van der Waals surface area contributed by atoms with Crippen molar-refractivity contribution in [1.82, 2.24) is 9.38 Å². The third kappa shape index (κ3) is 1.96. The minimum absolute atomic E-state index is 0.110. The Kier molecular flexibility index (Phi) is 2.51. The monoisotopic (exact) mass is 230 g/mol. The molecule has 0 atom stereocenters. The van der Waals surface area contributed by atoms with Gasteiger partial charge in [0.05, 0.1) is 0 Å². The largest absolute Gasteiger partial charge is 0.539 e. The quantitative estimate of drug-likeness (QED) is 0.782. The maximum Gasteiger partial charge on any atom is 0.504 e. The van der Waals surface area contributed by atoms with E-state index in [0.717, 1.165) is 6.20 Å². The van der Waals surface area contributed by atoms with Crippen LogP contribution in [0.15, 0.2) is 24.5 Å². The van der Waals surface area contributed by atoms with Gasteiger partial charge in [-0.3, -0.25) is 0 Å². The fourth-order valence-electron chi connectivity index (χ4n) is 1.26. The van der Waals surface area contributed by atoms with Crippen molar-refractivity contribution in [3.8, 4) is 5.75 Å². The Morgan fingerprint density at radius 2 is 2.19 bits per heavy atom. The minimum Gasteiger partial charge on any atom is -0.539 e. The van der Waals surface area contributed by atoms with Crippen molar-refractivity contribution in [1.29, 1.82) is 0 Å². The zero-order valence-electron chi connectivity index (χ0n) is 7.90. The summed E-state index contributed by atoms with van der Waals surface area (Å²) >= 11 is 0. The Balaban J connectivity index is 2.46. The second-order valence-electron chi connectivity index (χ2n) is 3.03. The average Bonchev–Trinajstić information content (AvgIpc) is 2.60. The van der Waals surface area contributed by atoms with E-state index in [1.165, 1.54) is 22.7 Å². The van der Waals surface area contributed by atoms with Crippen LogP contribution < -0.4 is 4.65 Å². The van der Waals surface area contributed by atoms with Gasteiger partial charge in [-0.15, -0.1) is 0 Å². The van der Waals surface area contributed by atoms with Gasteiger partial charge in [0.25, 0.3) is 0 Å². The molecule has 16 heavy (non-hydrogen) atoms. The molecule has 4 nitrogen and oxygen atoms in total. The second-order valence-corrected chi connectivity index (χ2v) is 3.03. The minimum atomic E-state index is -4.47. The van der Waals surface area contributed by atoms with Gasteiger partial charge in [-0.1, -0.05) is 0 Å². The average molecular weight is 230 g/mol. The van der Waals surface area contributed by atoms with Gasteiger partial charge >= 0.3 is 13.9 Å². The van der Waals surface area contributed by atoms with Crippen molar-refractivity contribution in [2.45, 2.75) is 6.18 Å². The maximum absolute atomic E-state index is 12.3. The van der Waals surface area contributed by atoms with Gasteiger partial charge in [0.1, 0.15) is 11.4 Å². The zero-order chi connectivity index (χ0) is 11.8. The second kappa shape index (κ2) is 3.71. The molecule has 0 unspecified atom stereocenters. The molecule has 84 valence electrons. The van der Waals surface area contributed by atoms with E-state index in [4.69, 9.17) is 9.68 Å². The van der Waals surface area contributed by atoms with Gasteiger partial charge in [0.2, 0.25) is 0 Å². The summed E-state index contributed by atoms with van der Waals surface area (Å²) in [5.41, 5.74) is -0.855. The van der Waals surface area contributed by atoms with E-state index in [1.54, 1.807) is 0 Å². The highest BCUT2D eigenvalue weighted by Crippen LogP contribution is 2.28. The SMILES string of the molecule is OBOc1ccn2cc(C(F)(F)F)nc2c1. The lowest BCUT2D eigenvalue weighted by Gasteiger charge is -2.00. The third-order valence-electron chi connectivity index (χ3n) is 1.95. The summed E-state index contributed by atoms with van der Waals surface area (Å²) in [7, 11) is -0.539. The molecular weight excluding hydrogens is 224 g/mol. The molecule has 2 aromatic heterocycles. The van der Waals surface area contributed by atoms with Crippen molar-refractivity contribution in [2.24, 2.45) is 0 Å². The smallest absolute Gasteiger partial charge is 0.504 e. The lowest BCUT2D eigenvalue weighted by Crippen LogP contribution is -2.04. The molecule has 0 aromatic carbocycles. The highest BCUT2D eigenvalue weighted by atomic mass is 19.4. The van der Waals surface area contributed by atoms with E-state index in [2.05, 4.69) is 4.98 Å². The molecule has 1 N–H and O–H groups in total. The molecule has 2 aromatic rings. The number of imidazole rings is 1. The Bertz CT molecular complexity index is 511. The van der Waals surface area contributed by atoms with Gasteiger partial charge in [0.15, 0.2) is 5.69 Å². The summed E-state index contributed by atoms with van der Waals surface area (Å²) in [6, 6.07) is 2.75. The highest BCUT2D eigenvalue weighted by Gasteiger charge is 2.33. The molecule has 0 aliphatic carbocycles. The molecule has 8 heteroatoms. The third-order valence-corrected chi connectivity index (χ3v) is 1.95. The van der Waals surface area contributed by atoms with Crippen LogP contribution in [-0.2, 0) is 6.18 Å². The standard InChI is InChI=1S/C8H6BF3N2O2/c10-8(11,12)6-4-14-2-1-5(16-9-15)3-7(14)13-6/h1-4,9,15H. The Hall–Kier alpha value is -1.70. The highest BCUT2D eigenvalue weighted by molar-refractivity contribution is 6.17. The van der Waals surface area contributed by atoms with Crippen molar-refractivity contribution < 1.29 is 22.8 Å². The van der Waals surface area contributed by atoms with E-state index in [-0.39, 0.29) is 11.4 Å². The number of aromatic nitrogens is 2. The first-order valence-corrected chi connectivity index (χ1v) is 4.30. The first-order chi connectivity index (χ1) is 7.50. The molecule has 0 amide bonds. The molecule has 0 spiro atoms. The van der Waals surface area contributed by atoms with E-state index < -0.39 is 19.6 Å². The number of alkyl halides is 3. The topological polar surface area (TPSA) is 46.8 Å². The summed E-state index contributed by atoms with van der Waals surface area (Å²) in [5.74, 6) is 0.259. The molecule has 0 saturated heterocycles. The van der Waals surface area contributed by atoms with Crippen molar-refractivity contribution in [3.05, 3.63) is 30.2 Å². The van der Waals surface area contributed by atoms with Crippen LogP contribution in [0.1, 0.15) is 5.69 Å². The number of rotatable bonds is 2. The van der Waals surface area contributed by atoms with Gasteiger partial charge in [-0.05, 0) is 6.07 Å². The summed E-state index contributed by atoms with van der Waals surface area (Å²) < 4.78 is 42.9. The normalized spacial score (nSPS) is 11.8. The summed E-state index contributed by atoms with van der Waals surface area (Å²) in [6.07, 6.45) is -2.20. The molecule has 0 radical (unpaired) electrons. The number of hydrogen-bond acceptors (Lipinski definition) is 3. The lowest BCUT2D eigenvalue weighted by molar-refractivity contribution is -0.140. The number of fused-ring (bicyclic) bond motifs is 1. The molecule has 0 aliphatic rings. The zero-order valence-corrected chi connectivity index (χ0v) is 7.90. The van der Waals surface area contributed by atoms with Crippen molar-refractivity contribution in [2.75, 3.05) is 0 Å². The molecule has 2 rings (SSSR count). The van der Waals surface area contributed by atoms with Crippen LogP contribution in [0, 0.1) is 0 Å². The summed E-state index contributed by atoms with van der Waals surface area (Å²) in [6.45, 7) is 0. The Morgan fingerprint density at radius 3 is 2.81 bits per heavy atom. The van der Waals surface area contributed by atoms with Crippen LogP contribution in [0.2, 0.25) is 0 Å². The Labute approximate surface area is 88.6 Å². The number of pyridine rings is 1. The number of nitrogens with zero attached hydrogens (tertiary/aromatic N) is 2. The fraction of sp³-hybridized carbons (Fsp3) is 0.125. The molecule has 0 bridgehead atoms.